The van der Waals surface area contributed by atoms with Gasteiger partial charge in [0, 0.05) is 17.7 Å². The number of nitrogens with one attached hydrogen (secondary N) is 1. The molecule has 2 atom stereocenters. The molecule has 4 rings (SSSR count). The van der Waals surface area contributed by atoms with Crippen molar-refractivity contribution >= 4 is 46.2 Å². The van der Waals surface area contributed by atoms with Gasteiger partial charge in [-0.3, -0.25) is 9.59 Å². The summed E-state index contributed by atoms with van der Waals surface area (Å²) in [6, 6.07) is 3.61. The average Bonchev–Trinajstić information content (AvgIpc) is 3.44. The van der Waals surface area contributed by atoms with Gasteiger partial charge < -0.3 is 15.0 Å². The van der Waals surface area contributed by atoms with Crippen molar-refractivity contribution in [2.45, 2.75) is 31.5 Å². The van der Waals surface area contributed by atoms with E-state index in [4.69, 9.17) is 4.74 Å². The van der Waals surface area contributed by atoms with Gasteiger partial charge in [-0.15, -0.1) is 34.4 Å². The SMILES string of the molecule is O=C(NCc1csc(-c2cccs2)n1)[C@H]1CSCN1C(=O)C1CCCO1. The highest BCUT2D eigenvalue weighted by Crippen LogP contribution is 2.28. The van der Waals surface area contributed by atoms with Crippen molar-refractivity contribution < 1.29 is 14.3 Å². The second kappa shape index (κ2) is 8.08. The Hall–Kier alpha value is -1.42. The molecule has 2 amide bonds. The number of amides is 2. The molecule has 138 valence electrons. The molecule has 2 saturated heterocycles. The normalized spacial score (nSPS) is 22.7. The van der Waals surface area contributed by atoms with Gasteiger partial charge >= 0.3 is 0 Å². The summed E-state index contributed by atoms with van der Waals surface area (Å²) in [4.78, 5) is 32.5. The Kier molecular flexibility index (Phi) is 5.58. The summed E-state index contributed by atoms with van der Waals surface area (Å²) in [7, 11) is 0. The number of ether oxygens (including phenoxy) is 1. The number of hydrogen-bond donors (Lipinski definition) is 1. The Morgan fingerprint density at radius 2 is 2.31 bits per heavy atom. The van der Waals surface area contributed by atoms with Crippen molar-refractivity contribution in [3.63, 3.8) is 0 Å². The van der Waals surface area contributed by atoms with Gasteiger partial charge in [0.05, 0.1) is 23.0 Å². The van der Waals surface area contributed by atoms with E-state index in [0.29, 0.717) is 24.8 Å². The first kappa shape index (κ1) is 18.0. The maximum Gasteiger partial charge on any atom is 0.253 e. The van der Waals surface area contributed by atoms with Crippen LogP contribution in [-0.2, 0) is 20.9 Å². The summed E-state index contributed by atoms with van der Waals surface area (Å²) >= 11 is 4.83. The molecule has 2 aromatic rings. The van der Waals surface area contributed by atoms with Crippen LogP contribution in [0.5, 0.6) is 0 Å². The van der Waals surface area contributed by atoms with Crippen molar-refractivity contribution in [2.75, 3.05) is 18.2 Å². The highest BCUT2D eigenvalue weighted by Gasteiger charge is 2.38. The largest absolute Gasteiger partial charge is 0.368 e. The summed E-state index contributed by atoms with van der Waals surface area (Å²) in [6.07, 6.45) is 1.28. The lowest BCUT2D eigenvalue weighted by Gasteiger charge is -2.25. The second-order valence-electron chi connectivity index (χ2n) is 6.16. The van der Waals surface area contributed by atoms with Gasteiger partial charge in [-0.05, 0) is 24.3 Å². The van der Waals surface area contributed by atoms with Crippen LogP contribution >= 0.6 is 34.4 Å². The zero-order chi connectivity index (χ0) is 17.9. The average molecular weight is 410 g/mol. The van der Waals surface area contributed by atoms with E-state index in [9.17, 15) is 9.59 Å². The van der Waals surface area contributed by atoms with Crippen molar-refractivity contribution in [1.82, 2.24) is 15.2 Å². The van der Waals surface area contributed by atoms with Crippen LogP contribution in [0.3, 0.4) is 0 Å². The highest BCUT2D eigenvalue weighted by molar-refractivity contribution is 7.99. The molecule has 2 aliphatic heterocycles. The van der Waals surface area contributed by atoms with Gasteiger partial charge in [0.15, 0.2) is 0 Å². The molecule has 0 radical (unpaired) electrons. The smallest absolute Gasteiger partial charge is 0.253 e. The van der Waals surface area contributed by atoms with Gasteiger partial charge in [-0.1, -0.05) is 6.07 Å². The Labute approximate surface area is 163 Å². The molecule has 4 heterocycles. The number of aromatic nitrogens is 1. The third kappa shape index (κ3) is 3.80. The zero-order valence-corrected chi connectivity index (χ0v) is 16.5. The quantitative estimate of drug-likeness (QED) is 0.822. The molecular formula is C17H19N3O3S3. The van der Waals surface area contributed by atoms with E-state index in [1.54, 1.807) is 39.3 Å². The Morgan fingerprint density at radius 3 is 3.08 bits per heavy atom. The molecule has 2 aliphatic rings. The van der Waals surface area contributed by atoms with Crippen molar-refractivity contribution in [3.05, 3.63) is 28.6 Å². The predicted octanol–water partition coefficient (Wildman–Crippen LogP) is 2.57. The lowest BCUT2D eigenvalue weighted by Crippen LogP contribution is -2.50. The number of nitrogens with zero attached hydrogens (tertiary/aromatic N) is 2. The van der Waals surface area contributed by atoms with E-state index < -0.39 is 6.04 Å². The maximum absolute atomic E-state index is 12.6. The van der Waals surface area contributed by atoms with Crippen molar-refractivity contribution in [2.24, 2.45) is 0 Å². The van der Waals surface area contributed by atoms with E-state index in [1.807, 2.05) is 22.9 Å². The Morgan fingerprint density at radius 1 is 1.38 bits per heavy atom. The van der Waals surface area contributed by atoms with Crippen LogP contribution in [0.1, 0.15) is 18.5 Å². The molecule has 0 aromatic carbocycles. The Balaban J connectivity index is 1.34. The first-order valence-electron chi connectivity index (χ1n) is 8.48. The van der Waals surface area contributed by atoms with E-state index in [-0.39, 0.29) is 17.9 Å². The number of carbonyl (C=O) groups is 2. The van der Waals surface area contributed by atoms with Gasteiger partial charge in [0.2, 0.25) is 5.91 Å². The molecule has 9 heteroatoms. The fraction of sp³-hybridized carbons (Fsp3) is 0.471. The maximum atomic E-state index is 12.6. The molecule has 0 bridgehead atoms. The third-order valence-electron chi connectivity index (χ3n) is 4.40. The minimum atomic E-state index is -0.424. The summed E-state index contributed by atoms with van der Waals surface area (Å²) < 4.78 is 5.48. The second-order valence-corrected chi connectivity index (χ2v) is 8.97. The molecule has 0 spiro atoms. The predicted molar refractivity (Wildman–Crippen MR) is 104 cm³/mol. The van der Waals surface area contributed by atoms with Gasteiger partial charge in [0.25, 0.3) is 5.91 Å². The van der Waals surface area contributed by atoms with Crippen LogP contribution in [0.2, 0.25) is 0 Å². The van der Waals surface area contributed by atoms with Crippen molar-refractivity contribution in [3.8, 4) is 9.88 Å². The summed E-state index contributed by atoms with van der Waals surface area (Å²) in [5.41, 5.74) is 0.842. The molecule has 26 heavy (non-hydrogen) atoms. The van der Waals surface area contributed by atoms with Crippen LogP contribution in [0.25, 0.3) is 9.88 Å². The number of thioether (sulfide) groups is 1. The summed E-state index contributed by atoms with van der Waals surface area (Å²) in [6.45, 7) is 1.01. The number of carbonyl (C=O) groups excluding carboxylic acids is 2. The van der Waals surface area contributed by atoms with Gasteiger partial charge in [-0.25, -0.2) is 4.98 Å². The van der Waals surface area contributed by atoms with Crippen LogP contribution in [0, 0.1) is 0 Å². The van der Waals surface area contributed by atoms with Crippen LogP contribution < -0.4 is 5.32 Å². The topological polar surface area (TPSA) is 71.5 Å². The lowest BCUT2D eigenvalue weighted by atomic mass is 10.2. The summed E-state index contributed by atoms with van der Waals surface area (Å²) in [5, 5.41) is 7.89. The standard InChI is InChI=1S/C17H19N3O3S3/c21-15(12-9-24-10-20(12)17(22)13-3-1-5-23-13)18-7-11-8-26-16(19-11)14-4-2-6-25-14/h2,4,6,8,12-13H,1,3,5,7,9-10H2,(H,18,21)/t12-,13?/m1/s1. The minimum Gasteiger partial charge on any atom is -0.368 e. The first-order valence-corrected chi connectivity index (χ1v) is 11.4. The van der Waals surface area contributed by atoms with Crippen LogP contribution in [0.15, 0.2) is 22.9 Å². The van der Waals surface area contributed by atoms with E-state index >= 15 is 0 Å². The van der Waals surface area contributed by atoms with Gasteiger partial charge in [0.1, 0.15) is 17.2 Å². The fourth-order valence-corrected chi connectivity index (χ4v) is 5.83. The zero-order valence-electron chi connectivity index (χ0n) is 14.1. The molecule has 0 aliphatic carbocycles. The molecular weight excluding hydrogens is 390 g/mol. The fourth-order valence-electron chi connectivity index (χ4n) is 3.03. The molecule has 1 unspecified atom stereocenters. The van der Waals surface area contributed by atoms with E-state index in [2.05, 4.69) is 10.3 Å². The third-order valence-corrected chi connectivity index (χ3v) is 7.34. The summed E-state index contributed by atoms with van der Waals surface area (Å²) in [5.74, 6) is 1.01. The molecule has 1 N–H and O–H groups in total. The molecule has 6 nitrogen and oxygen atoms in total. The lowest BCUT2D eigenvalue weighted by molar-refractivity contribution is -0.145. The molecule has 2 fully saturated rings. The van der Waals surface area contributed by atoms with Crippen molar-refractivity contribution in [1.29, 1.82) is 0 Å². The van der Waals surface area contributed by atoms with E-state index in [1.165, 1.54) is 0 Å². The van der Waals surface area contributed by atoms with E-state index in [0.717, 1.165) is 28.4 Å². The number of hydrogen-bond acceptors (Lipinski definition) is 7. The monoisotopic (exact) mass is 409 g/mol. The number of rotatable bonds is 5. The molecule has 0 saturated carbocycles. The van der Waals surface area contributed by atoms with Crippen LogP contribution in [-0.4, -0.2) is 52.1 Å². The Bertz CT molecular complexity index is 771. The van der Waals surface area contributed by atoms with Gasteiger partial charge in [-0.2, -0.15) is 0 Å². The highest BCUT2D eigenvalue weighted by atomic mass is 32.2. The minimum absolute atomic E-state index is 0.0544. The number of thiazole rings is 1. The van der Waals surface area contributed by atoms with Crippen LogP contribution in [0.4, 0.5) is 0 Å². The first-order chi connectivity index (χ1) is 12.7. The molecule has 2 aromatic heterocycles. The number of thiophene rings is 1.